The van der Waals surface area contributed by atoms with Crippen LogP contribution in [0.15, 0.2) is 0 Å². The first-order chi connectivity index (χ1) is 9.63. The molecule has 0 aromatic carbocycles. The topological polar surface area (TPSA) is 50.8 Å². The molecule has 3 atom stereocenters. The second kappa shape index (κ2) is 9.32. The molecule has 0 aliphatic carbocycles. The maximum Gasteiger partial charge on any atom is 0.240 e. The van der Waals surface area contributed by atoms with E-state index in [1.54, 1.807) is 14.2 Å². The van der Waals surface area contributed by atoms with Crippen LogP contribution in [0.25, 0.3) is 0 Å². The number of piperidine rings is 1. The van der Waals surface area contributed by atoms with Crippen molar-refractivity contribution in [1.82, 2.24) is 10.2 Å². The third-order valence-electron chi connectivity index (χ3n) is 4.15. The minimum atomic E-state index is -0.0511. The number of hydrogen-bond donors (Lipinski definition) is 1. The molecule has 0 saturated carbocycles. The summed E-state index contributed by atoms with van der Waals surface area (Å²) < 4.78 is 10.3. The largest absolute Gasteiger partial charge is 0.383 e. The minimum Gasteiger partial charge on any atom is -0.383 e. The molecule has 5 heteroatoms. The van der Waals surface area contributed by atoms with Crippen molar-refractivity contribution in [3.8, 4) is 0 Å². The quantitative estimate of drug-likeness (QED) is 0.730. The summed E-state index contributed by atoms with van der Waals surface area (Å²) in [6.07, 6.45) is 3.27. The van der Waals surface area contributed by atoms with Crippen LogP contribution in [0.5, 0.6) is 0 Å². The van der Waals surface area contributed by atoms with Crippen LogP contribution in [0.1, 0.15) is 33.1 Å². The Morgan fingerprint density at radius 3 is 2.75 bits per heavy atom. The fourth-order valence-electron chi connectivity index (χ4n) is 2.82. The highest BCUT2D eigenvalue weighted by Crippen LogP contribution is 2.21. The standard InChI is InChI=1S/C15H30N2O3/c1-5-13-6-7-16-14(10-13)15(18)17(8-9-19-3)12(2)11-20-4/h12-14,16H,5-11H2,1-4H3. The third-order valence-corrected chi connectivity index (χ3v) is 4.15. The van der Waals surface area contributed by atoms with Crippen molar-refractivity contribution in [2.24, 2.45) is 5.92 Å². The fraction of sp³-hybridized carbons (Fsp3) is 0.933. The molecule has 3 unspecified atom stereocenters. The van der Waals surface area contributed by atoms with Crippen LogP contribution >= 0.6 is 0 Å². The van der Waals surface area contributed by atoms with Crippen molar-refractivity contribution in [2.45, 2.75) is 45.2 Å². The van der Waals surface area contributed by atoms with Gasteiger partial charge < -0.3 is 19.7 Å². The van der Waals surface area contributed by atoms with Crippen molar-refractivity contribution < 1.29 is 14.3 Å². The predicted octanol–water partition coefficient (Wildman–Crippen LogP) is 1.27. The van der Waals surface area contributed by atoms with Gasteiger partial charge in [-0.1, -0.05) is 13.3 Å². The molecule has 0 radical (unpaired) electrons. The minimum absolute atomic E-state index is 0.0511. The number of carbonyl (C=O) groups is 1. The average Bonchev–Trinajstić information content (AvgIpc) is 2.47. The van der Waals surface area contributed by atoms with Gasteiger partial charge in [-0.3, -0.25) is 4.79 Å². The summed E-state index contributed by atoms with van der Waals surface area (Å²) in [6, 6.07) is 0.0244. The molecule has 1 fully saturated rings. The second-order valence-corrected chi connectivity index (χ2v) is 5.63. The van der Waals surface area contributed by atoms with E-state index in [1.165, 1.54) is 6.42 Å². The molecule has 1 rings (SSSR count). The summed E-state index contributed by atoms with van der Waals surface area (Å²) in [7, 11) is 3.33. The Morgan fingerprint density at radius 2 is 2.15 bits per heavy atom. The number of amides is 1. The van der Waals surface area contributed by atoms with Crippen LogP contribution < -0.4 is 5.32 Å². The maximum absolute atomic E-state index is 12.7. The van der Waals surface area contributed by atoms with Gasteiger partial charge in [-0.2, -0.15) is 0 Å². The first-order valence-electron chi connectivity index (χ1n) is 7.65. The smallest absolute Gasteiger partial charge is 0.240 e. The van der Waals surface area contributed by atoms with E-state index >= 15 is 0 Å². The van der Waals surface area contributed by atoms with Gasteiger partial charge in [0.1, 0.15) is 0 Å². The number of rotatable bonds is 8. The fourth-order valence-corrected chi connectivity index (χ4v) is 2.82. The summed E-state index contributed by atoms with van der Waals surface area (Å²) in [5, 5.41) is 3.36. The van der Waals surface area contributed by atoms with Crippen LogP contribution in [0, 0.1) is 5.92 Å². The summed E-state index contributed by atoms with van der Waals surface area (Å²) in [6.45, 7) is 6.90. The molecule has 118 valence electrons. The highest BCUT2D eigenvalue weighted by molar-refractivity contribution is 5.82. The number of ether oxygens (including phenoxy) is 2. The van der Waals surface area contributed by atoms with Gasteiger partial charge >= 0.3 is 0 Å². The highest BCUT2D eigenvalue weighted by Gasteiger charge is 2.31. The lowest BCUT2D eigenvalue weighted by atomic mass is 9.89. The lowest BCUT2D eigenvalue weighted by Crippen LogP contribution is -2.54. The lowest BCUT2D eigenvalue weighted by molar-refractivity contribution is -0.138. The van der Waals surface area contributed by atoms with E-state index in [1.807, 2.05) is 11.8 Å². The van der Waals surface area contributed by atoms with E-state index in [0.717, 1.165) is 19.4 Å². The van der Waals surface area contributed by atoms with E-state index in [9.17, 15) is 4.79 Å². The average molecular weight is 286 g/mol. The van der Waals surface area contributed by atoms with Crippen molar-refractivity contribution in [1.29, 1.82) is 0 Å². The van der Waals surface area contributed by atoms with Gasteiger partial charge in [0.2, 0.25) is 5.91 Å². The molecular weight excluding hydrogens is 256 g/mol. The van der Waals surface area contributed by atoms with E-state index in [0.29, 0.717) is 25.7 Å². The Hall–Kier alpha value is -0.650. The van der Waals surface area contributed by atoms with Crippen LogP contribution in [0.4, 0.5) is 0 Å². The second-order valence-electron chi connectivity index (χ2n) is 5.63. The molecule has 5 nitrogen and oxygen atoms in total. The number of nitrogens with zero attached hydrogens (tertiary/aromatic N) is 1. The van der Waals surface area contributed by atoms with Crippen LogP contribution in [0.3, 0.4) is 0 Å². The molecule has 0 bridgehead atoms. The maximum atomic E-state index is 12.7. The number of carbonyl (C=O) groups excluding carboxylic acids is 1. The summed E-state index contributed by atoms with van der Waals surface area (Å²) in [4.78, 5) is 14.6. The molecule has 20 heavy (non-hydrogen) atoms. The molecule has 1 heterocycles. The van der Waals surface area contributed by atoms with Crippen LogP contribution in [-0.2, 0) is 14.3 Å². The van der Waals surface area contributed by atoms with Crippen LogP contribution in [0.2, 0.25) is 0 Å². The van der Waals surface area contributed by atoms with Gasteiger partial charge in [0, 0.05) is 20.8 Å². The normalized spacial score (nSPS) is 24.4. The molecule has 0 aromatic rings. The first-order valence-corrected chi connectivity index (χ1v) is 7.65. The SMILES string of the molecule is CCC1CCNC(C(=O)N(CCOC)C(C)COC)C1. The lowest BCUT2D eigenvalue weighted by Gasteiger charge is -2.36. The Kier molecular flexibility index (Phi) is 8.11. The van der Waals surface area contributed by atoms with Crippen LogP contribution in [-0.4, -0.2) is 63.4 Å². The number of hydrogen-bond acceptors (Lipinski definition) is 4. The Balaban J connectivity index is 2.65. The number of methoxy groups -OCH3 is 2. The van der Waals surface area contributed by atoms with Gasteiger partial charge in [-0.25, -0.2) is 0 Å². The number of nitrogens with one attached hydrogen (secondary N) is 1. The van der Waals surface area contributed by atoms with Gasteiger partial charge in [0.25, 0.3) is 0 Å². The molecular formula is C15H30N2O3. The highest BCUT2D eigenvalue weighted by atomic mass is 16.5. The monoisotopic (exact) mass is 286 g/mol. The van der Waals surface area contributed by atoms with E-state index in [4.69, 9.17) is 9.47 Å². The van der Waals surface area contributed by atoms with Crippen molar-refractivity contribution in [3.63, 3.8) is 0 Å². The Labute approximate surface area is 123 Å². The van der Waals surface area contributed by atoms with E-state index in [2.05, 4.69) is 12.2 Å². The van der Waals surface area contributed by atoms with Gasteiger partial charge in [-0.15, -0.1) is 0 Å². The van der Waals surface area contributed by atoms with Gasteiger partial charge in [0.05, 0.1) is 25.3 Å². The molecule has 1 aliphatic heterocycles. The zero-order valence-electron chi connectivity index (χ0n) is 13.4. The summed E-state index contributed by atoms with van der Waals surface area (Å²) >= 11 is 0. The third kappa shape index (κ3) is 5.04. The zero-order valence-corrected chi connectivity index (χ0v) is 13.4. The van der Waals surface area contributed by atoms with Crippen molar-refractivity contribution in [3.05, 3.63) is 0 Å². The molecule has 1 aliphatic rings. The molecule has 0 spiro atoms. The Morgan fingerprint density at radius 1 is 1.40 bits per heavy atom. The summed E-state index contributed by atoms with van der Waals surface area (Å²) in [5.41, 5.74) is 0. The summed E-state index contributed by atoms with van der Waals surface area (Å²) in [5.74, 6) is 0.844. The van der Waals surface area contributed by atoms with Crippen molar-refractivity contribution in [2.75, 3.05) is 40.5 Å². The first kappa shape index (κ1) is 17.4. The molecule has 1 N–H and O–H groups in total. The van der Waals surface area contributed by atoms with E-state index < -0.39 is 0 Å². The molecule has 1 saturated heterocycles. The van der Waals surface area contributed by atoms with E-state index in [-0.39, 0.29) is 18.0 Å². The predicted molar refractivity (Wildman–Crippen MR) is 79.7 cm³/mol. The van der Waals surface area contributed by atoms with Gasteiger partial charge in [-0.05, 0) is 32.2 Å². The zero-order chi connectivity index (χ0) is 15.0. The molecule has 0 aromatic heterocycles. The molecule has 1 amide bonds. The van der Waals surface area contributed by atoms with Crippen molar-refractivity contribution >= 4 is 5.91 Å². The van der Waals surface area contributed by atoms with Gasteiger partial charge in [0.15, 0.2) is 0 Å². The Bertz CT molecular complexity index is 286.